The van der Waals surface area contributed by atoms with Gasteiger partial charge in [0.2, 0.25) is 0 Å². The van der Waals surface area contributed by atoms with Gasteiger partial charge in [0.05, 0.1) is 4.75 Å². The smallest absolute Gasteiger partial charge is 0.154 e. The zero-order chi connectivity index (χ0) is 12.4. The van der Waals surface area contributed by atoms with Crippen LogP contribution in [0.15, 0.2) is 0 Å². The summed E-state index contributed by atoms with van der Waals surface area (Å²) in [4.78, 5) is 0. The molecule has 0 spiro atoms. The van der Waals surface area contributed by atoms with E-state index >= 15 is 0 Å². The Balaban J connectivity index is 2.88. The molecule has 1 fully saturated rings. The van der Waals surface area contributed by atoms with Crippen LogP contribution in [0.5, 0.6) is 0 Å². The van der Waals surface area contributed by atoms with E-state index in [1.807, 2.05) is 20.9 Å². The standard InChI is InChI=1S/C12H25NO2S/c1-12(2,16(4,14)15)11(13-3)10-8-6-5-7-9-10/h10-11,13H,5-9H2,1-4H3. The minimum atomic E-state index is -3.03. The first-order chi connectivity index (χ1) is 7.30. The van der Waals surface area contributed by atoms with Gasteiger partial charge >= 0.3 is 0 Å². The van der Waals surface area contributed by atoms with Crippen molar-refractivity contribution in [2.45, 2.75) is 56.7 Å². The molecule has 1 saturated carbocycles. The SMILES string of the molecule is CNC(C1CCCCC1)C(C)(C)S(C)(=O)=O. The van der Waals surface area contributed by atoms with Gasteiger partial charge in [-0.2, -0.15) is 0 Å². The van der Waals surface area contributed by atoms with Crippen LogP contribution >= 0.6 is 0 Å². The normalized spacial score (nSPS) is 22.0. The number of nitrogens with one attached hydrogen (secondary N) is 1. The highest BCUT2D eigenvalue weighted by molar-refractivity contribution is 7.92. The molecule has 3 nitrogen and oxygen atoms in total. The van der Waals surface area contributed by atoms with E-state index < -0.39 is 14.6 Å². The van der Waals surface area contributed by atoms with Crippen LogP contribution in [0, 0.1) is 5.92 Å². The largest absolute Gasteiger partial charge is 0.315 e. The summed E-state index contributed by atoms with van der Waals surface area (Å²) in [6, 6.07) is 0.0720. The van der Waals surface area contributed by atoms with Gasteiger partial charge in [-0.05, 0) is 39.7 Å². The highest BCUT2D eigenvalue weighted by Gasteiger charge is 2.42. The van der Waals surface area contributed by atoms with Gasteiger partial charge in [0, 0.05) is 12.3 Å². The Bertz CT molecular complexity index is 316. The third-order valence-electron chi connectivity index (χ3n) is 4.14. The summed E-state index contributed by atoms with van der Waals surface area (Å²) in [6.45, 7) is 3.69. The van der Waals surface area contributed by atoms with Crippen LogP contribution in [0.4, 0.5) is 0 Å². The summed E-state index contributed by atoms with van der Waals surface area (Å²) >= 11 is 0. The maximum absolute atomic E-state index is 11.9. The molecule has 0 aliphatic heterocycles. The molecule has 1 atom stereocenters. The molecule has 0 aromatic heterocycles. The van der Waals surface area contributed by atoms with Crippen LogP contribution in [0.2, 0.25) is 0 Å². The van der Waals surface area contributed by atoms with E-state index in [4.69, 9.17) is 0 Å². The second-order valence-electron chi connectivity index (χ2n) is 5.54. The summed E-state index contributed by atoms with van der Waals surface area (Å²) < 4.78 is 23.0. The average Bonchev–Trinajstić information content (AvgIpc) is 2.18. The van der Waals surface area contributed by atoms with Crippen LogP contribution in [-0.4, -0.2) is 32.5 Å². The molecule has 1 rings (SSSR count). The van der Waals surface area contributed by atoms with E-state index in [0.29, 0.717) is 5.92 Å². The minimum Gasteiger partial charge on any atom is -0.315 e. The van der Waals surface area contributed by atoms with Crippen LogP contribution in [-0.2, 0) is 9.84 Å². The van der Waals surface area contributed by atoms with Gasteiger partial charge in [0.1, 0.15) is 0 Å². The van der Waals surface area contributed by atoms with Gasteiger partial charge < -0.3 is 5.32 Å². The Kier molecular flexibility index (Phi) is 4.41. The fourth-order valence-corrected chi connectivity index (χ4v) is 3.62. The van der Waals surface area contributed by atoms with Crippen molar-refractivity contribution in [1.82, 2.24) is 5.32 Å². The Morgan fingerprint density at radius 1 is 1.19 bits per heavy atom. The Morgan fingerprint density at radius 2 is 1.69 bits per heavy atom. The molecule has 1 aliphatic carbocycles. The summed E-state index contributed by atoms with van der Waals surface area (Å²) in [5, 5.41) is 3.24. The van der Waals surface area contributed by atoms with E-state index in [9.17, 15) is 8.42 Å². The first kappa shape index (κ1) is 14.0. The molecule has 1 unspecified atom stereocenters. The summed E-state index contributed by atoms with van der Waals surface area (Å²) in [5.41, 5.74) is 0. The molecule has 0 aromatic carbocycles. The summed E-state index contributed by atoms with van der Waals surface area (Å²) in [6.07, 6.45) is 7.44. The van der Waals surface area contributed by atoms with Crippen molar-refractivity contribution in [3.8, 4) is 0 Å². The van der Waals surface area contributed by atoms with E-state index in [1.165, 1.54) is 25.5 Å². The molecular formula is C12H25NO2S. The number of hydrogen-bond donors (Lipinski definition) is 1. The monoisotopic (exact) mass is 247 g/mol. The van der Waals surface area contributed by atoms with Crippen molar-refractivity contribution in [1.29, 1.82) is 0 Å². The van der Waals surface area contributed by atoms with Crippen molar-refractivity contribution in [2.75, 3.05) is 13.3 Å². The Morgan fingerprint density at radius 3 is 2.06 bits per heavy atom. The number of hydrogen-bond acceptors (Lipinski definition) is 3. The van der Waals surface area contributed by atoms with Gasteiger partial charge in [0.25, 0.3) is 0 Å². The van der Waals surface area contributed by atoms with E-state index in [-0.39, 0.29) is 6.04 Å². The predicted molar refractivity (Wildman–Crippen MR) is 68.3 cm³/mol. The lowest BCUT2D eigenvalue weighted by Gasteiger charge is -2.39. The molecule has 0 bridgehead atoms. The van der Waals surface area contributed by atoms with Crippen LogP contribution in [0.25, 0.3) is 0 Å². The molecule has 0 aromatic rings. The molecule has 0 radical (unpaired) electrons. The third-order valence-corrected chi connectivity index (χ3v) is 6.30. The lowest BCUT2D eigenvalue weighted by atomic mass is 9.79. The van der Waals surface area contributed by atoms with E-state index in [0.717, 1.165) is 12.8 Å². The van der Waals surface area contributed by atoms with Crippen LogP contribution in [0.1, 0.15) is 46.0 Å². The van der Waals surface area contributed by atoms with E-state index in [1.54, 1.807) is 0 Å². The first-order valence-electron chi connectivity index (χ1n) is 6.17. The average molecular weight is 247 g/mol. The van der Waals surface area contributed by atoms with Gasteiger partial charge in [-0.25, -0.2) is 8.42 Å². The molecule has 4 heteroatoms. The first-order valence-corrected chi connectivity index (χ1v) is 8.06. The third kappa shape index (κ3) is 2.77. The lowest BCUT2D eigenvalue weighted by Crippen LogP contribution is -2.54. The Hall–Kier alpha value is -0.0900. The minimum absolute atomic E-state index is 0.0720. The van der Waals surface area contributed by atoms with Gasteiger partial charge in [-0.3, -0.25) is 0 Å². The molecule has 1 aliphatic rings. The van der Waals surface area contributed by atoms with Gasteiger partial charge in [-0.15, -0.1) is 0 Å². The fourth-order valence-electron chi connectivity index (χ4n) is 2.85. The predicted octanol–water partition coefficient (Wildman–Crippen LogP) is 1.98. The number of rotatable bonds is 4. The van der Waals surface area contributed by atoms with Crippen molar-refractivity contribution in [3.05, 3.63) is 0 Å². The Labute approximate surface area is 99.9 Å². The molecule has 1 N–H and O–H groups in total. The highest BCUT2D eigenvalue weighted by atomic mass is 32.2. The van der Waals surface area contributed by atoms with Gasteiger partial charge in [-0.1, -0.05) is 19.3 Å². The molecular weight excluding hydrogens is 222 g/mol. The van der Waals surface area contributed by atoms with Crippen molar-refractivity contribution in [3.63, 3.8) is 0 Å². The molecule has 96 valence electrons. The quantitative estimate of drug-likeness (QED) is 0.826. The van der Waals surface area contributed by atoms with Crippen molar-refractivity contribution < 1.29 is 8.42 Å². The molecule has 0 saturated heterocycles. The number of sulfone groups is 1. The summed E-state index contributed by atoms with van der Waals surface area (Å²) in [5.74, 6) is 0.503. The second-order valence-corrected chi connectivity index (χ2v) is 8.14. The van der Waals surface area contributed by atoms with Crippen molar-refractivity contribution >= 4 is 9.84 Å². The summed E-state index contributed by atoms with van der Waals surface area (Å²) in [7, 11) is -1.14. The molecule has 0 amide bonds. The topological polar surface area (TPSA) is 46.2 Å². The van der Waals surface area contributed by atoms with E-state index in [2.05, 4.69) is 5.32 Å². The maximum atomic E-state index is 11.9. The molecule has 16 heavy (non-hydrogen) atoms. The lowest BCUT2D eigenvalue weighted by molar-refractivity contribution is 0.242. The van der Waals surface area contributed by atoms with Gasteiger partial charge in [0.15, 0.2) is 9.84 Å². The van der Waals surface area contributed by atoms with Crippen LogP contribution < -0.4 is 5.32 Å². The zero-order valence-corrected chi connectivity index (χ0v) is 11.7. The van der Waals surface area contributed by atoms with Crippen LogP contribution in [0.3, 0.4) is 0 Å². The maximum Gasteiger partial charge on any atom is 0.154 e. The highest BCUT2D eigenvalue weighted by Crippen LogP contribution is 2.34. The molecule has 0 heterocycles. The van der Waals surface area contributed by atoms with Crippen molar-refractivity contribution in [2.24, 2.45) is 5.92 Å². The second kappa shape index (κ2) is 5.05. The fraction of sp³-hybridized carbons (Fsp3) is 1.00. The zero-order valence-electron chi connectivity index (χ0n) is 10.9.